The van der Waals surface area contributed by atoms with E-state index in [0.29, 0.717) is 18.4 Å². The van der Waals surface area contributed by atoms with Crippen molar-refractivity contribution in [3.63, 3.8) is 0 Å². The van der Waals surface area contributed by atoms with Crippen molar-refractivity contribution in [3.8, 4) is 11.5 Å². The van der Waals surface area contributed by atoms with Crippen molar-refractivity contribution >= 4 is 11.8 Å². The normalized spacial score (nSPS) is 10.1. The summed E-state index contributed by atoms with van der Waals surface area (Å²) >= 11 is 0. The number of ether oxygens (including phenoxy) is 1. The molecule has 0 radical (unpaired) electrons. The molecule has 1 aromatic rings. The average molecular weight is 252 g/mol. The lowest BCUT2D eigenvalue weighted by Crippen LogP contribution is -2.03. The molecule has 0 unspecified atom stereocenters. The van der Waals surface area contributed by atoms with Gasteiger partial charge in [-0.2, -0.15) is 0 Å². The van der Waals surface area contributed by atoms with Crippen LogP contribution in [0, 0.1) is 0 Å². The predicted molar refractivity (Wildman–Crippen MR) is 65.1 cm³/mol. The molecule has 0 bridgehead atoms. The monoisotopic (exact) mass is 252 g/mol. The summed E-state index contributed by atoms with van der Waals surface area (Å²) in [6.45, 7) is 1.95. The Morgan fingerprint density at radius 2 is 2.06 bits per heavy atom. The van der Waals surface area contributed by atoms with Gasteiger partial charge in [-0.3, -0.25) is 9.59 Å². The summed E-state index contributed by atoms with van der Waals surface area (Å²) in [6.07, 6.45) is 0.760. The van der Waals surface area contributed by atoms with Gasteiger partial charge in [0.2, 0.25) is 0 Å². The number of carbonyl (C=O) groups excluding carboxylic acids is 1. The molecule has 0 aliphatic rings. The van der Waals surface area contributed by atoms with Crippen LogP contribution in [0.4, 0.5) is 0 Å². The summed E-state index contributed by atoms with van der Waals surface area (Å²) < 4.78 is 5.23. The fourth-order valence-corrected chi connectivity index (χ4v) is 1.42. The van der Waals surface area contributed by atoms with Gasteiger partial charge in [0.15, 0.2) is 17.3 Å². The molecule has 18 heavy (non-hydrogen) atoms. The van der Waals surface area contributed by atoms with Crippen molar-refractivity contribution in [2.45, 2.75) is 26.2 Å². The van der Waals surface area contributed by atoms with E-state index in [2.05, 4.69) is 0 Å². The number of ketones is 1. The highest BCUT2D eigenvalue weighted by Gasteiger charge is 2.08. The lowest BCUT2D eigenvalue weighted by atomic mass is 10.1. The predicted octanol–water partition coefficient (Wildman–Crippen LogP) is 2.23. The van der Waals surface area contributed by atoms with E-state index in [4.69, 9.17) is 9.84 Å². The Kier molecular flexibility index (Phi) is 5.17. The largest absolute Gasteiger partial charge is 0.504 e. The molecule has 0 atom stereocenters. The summed E-state index contributed by atoms with van der Waals surface area (Å²) in [5.74, 6) is -0.785. The first-order chi connectivity index (χ1) is 8.54. The van der Waals surface area contributed by atoms with Gasteiger partial charge in [-0.25, -0.2) is 0 Å². The molecule has 0 heterocycles. The van der Waals surface area contributed by atoms with Crippen molar-refractivity contribution in [1.29, 1.82) is 0 Å². The zero-order valence-corrected chi connectivity index (χ0v) is 10.2. The van der Waals surface area contributed by atoms with Gasteiger partial charge in [0.05, 0.1) is 6.61 Å². The Hall–Kier alpha value is -2.04. The second kappa shape index (κ2) is 6.64. The Labute approximate surface area is 105 Å². The van der Waals surface area contributed by atoms with Gasteiger partial charge >= 0.3 is 5.97 Å². The highest BCUT2D eigenvalue weighted by molar-refractivity contribution is 5.96. The van der Waals surface area contributed by atoms with Crippen molar-refractivity contribution in [1.82, 2.24) is 0 Å². The Morgan fingerprint density at radius 3 is 2.61 bits per heavy atom. The molecule has 0 fully saturated rings. The topological polar surface area (TPSA) is 83.8 Å². The maximum absolute atomic E-state index is 11.4. The van der Waals surface area contributed by atoms with E-state index in [0.717, 1.165) is 0 Å². The maximum atomic E-state index is 11.4. The van der Waals surface area contributed by atoms with Gasteiger partial charge in [0.1, 0.15) is 0 Å². The third-order valence-corrected chi connectivity index (χ3v) is 2.39. The number of hydrogen-bond acceptors (Lipinski definition) is 4. The van der Waals surface area contributed by atoms with Crippen LogP contribution in [0.25, 0.3) is 0 Å². The molecule has 0 saturated carbocycles. The first-order valence-corrected chi connectivity index (χ1v) is 5.75. The number of phenolic OH excluding ortho intramolecular Hbond substituents is 1. The van der Waals surface area contributed by atoms with E-state index in [1.807, 2.05) is 0 Å². The molecule has 0 amide bonds. The van der Waals surface area contributed by atoms with Crippen molar-refractivity contribution < 1.29 is 24.5 Å². The number of phenols is 1. The van der Waals surface area contributed by atoms with Crippen LogP contribution in [0.2, 0.25) is 0 Å². The SMILES string of the molecule is CCC(=O)c1ccc(OCCCC(=O)O)c(O)c1. The molecule has 1 rings (SSSR count). The summed E-state index contributed by atoms with van der Waals surface area (Å²) in [6, 6.07) is 4.45. The van der Waals surface area contributed by atoms with E-state index >= 15 is 0 Å². The van der Waals surface area contributed by atoms with Gasteiger partial charge in [-0.15, -0.1) is 0 Å². The van der Waals surface area contributed by atoms with Gasteiger partial charge in [-0.1, -0.05) is 6.92 Å². The second-order valence-electron chi connectivity index (χ2n) is 3.80. The van der Waals surface area contributed by atoms with Crippen LogP contribution in [0.15, 0.2) is 18.2 Å². The van der Waals surface area contributed by atoms with Crippen LogP contribution in [-0.4, -0.2) is 28.6 Å². The third kappa shape index (κ3) is 4.08. The Balaban J connectivity index is 2.57. The Morgan fingerprint density at radius 1 is 1.33 bits per heavy atom. The molecule has 0 spiro atoms. The fourth-order valence-electron chi connectivity index (χ4n) is 1.42. The zero-order valence-electron chi connectivity index (χ0n) is 10.2. The molecule has 1 aromatic carbocycles. The molecule has 5 heteroatoms. The van der Waals surface area contributed by atoms with Gasteiger partial charge in [-0.05, 0) is 24.6 Å². The number of carbonyl (C=O) groups is 2. The van der Waals surface area contributed by atoms with Crippen molar-refractivity contribution in [3.05, 3.63) is 23.8 Å². The van der Waals surface area contributed by atoms with E-state index < -0.39 is 5.97 Å². The molecule has 5 nitrogen and oxygen atoms in total. The number of aromatic hydroxyl groups is 1. The molecule has 0 aromatic heterocycles. The van der Waals surface area contributed by atoms with Crippen LogP contribution >= 0.6 is 0 Å². The minimum Gasteiger partial charge on any atom is -0.504 e. The first-order valence-electron chi connectivity index (χ1n) is 5.75. The van der Waals surface area contributed by atoms with Gasteiger partial charge in [0.25, 0.3) is 0 Å². The highest BCUT2D eigenvalue weighted by Crippen LogP contribution is 2.27. The number of carboxylic acid groups (broad SMARTS) is 1. The van der Waals surface area contributed by atoms with Gasteiger partial charge < -0.3 is 14.9 Å². The fraction of sp³-hybridized carbons (Fsp3) is 0.385. The van der Waals surface area contributed by atoms with Crippen LogP contribution in [0.1, 0.15) is 36.5 Å². The quantitative estimate of drug-likeness (QED) is 0.574. The number of rotatable bonds is 7. The van der Waals surface area contributed by atoms with E-state index in [9.17, 15) is 14.7 Å². The minimum atomic E-state index is -0.883. The lowest BCUT2D eigenvalue weighted by molar-refractivity contribution is -0.137. The van der Waals surface area contributed by atoms with Gasteiger partial charge in [0, 0.05) is 18.4 Å². The smallest absolute Gasteiger partial charge is 0.303 e. The van der Waals surface area contributed by atoms with Crippen molar-refractivity contribution in [2.75, 3.05) is 6.61 Å². The average Bonchev–Trinajstić information content (AvgIpc) is 2.34. The van der Waals surface area contributed by atoms with E-state index in [-0.39, 0.29) is 30.3 Å². The van der Waals surface area contributed by atoms with Crippen molar-refractivity contribution in [2.24, 2.45) is 0 Å². The number of benzene rings is 1. The Bertz CT molecular complexity index is 439. The van der Waals surface area contributed by atoms with E-state index in [1.165, 1.54) is 12.1 Å². The summed E-state index contributed by atoms with van der Waals surface area (Å²) in [7, 11) is 0. The molecule has 0 aliphatic heterocycles. The zero-order chi connectivity index (χ0) is 13.5. The molecule has 98 valence electrons. The van der Waals surface area contributed by atoms with Crippen LogP contribution in [0.3, 0.4) is 0 Å². The molecular formula is C13H16O5. The number of hydrogen-bond donors (Lipinski definition) is 2. The molecule has 0 aliphatic carbocycles. The summed E-state index contributed by atoms with van der Waals surface area (Å²) in [5.41, 5.74) is 0.438. The molecule has 2 N–H and O–H groups in total. The number of aliphatic carboxylic acids is 1. The highest BCUT2D eigenvalue weighted by atomic mass is 16.5. The first kappa shape index (κ1) is 14.0. The minimum absolute atomic E-state index is 0.0210. The lowest BCUT2D eigenvalue weighted by Gasteiger charge is -2.08. The number of carboxylic acids is 1. The maximum Gasteiger partial charge on any atom is 0.303 e. The molecular weight excluding hydrogens is 236 g/mol. The standard InChI is InChI=1S/C13H16O5/c1-2-10(14)9-5-6-12(11(15)8-9)18-7-3-4-13(16)17/h5-6,8,15H,2-4,7H2,1H3,(H,16,17). The number of Topliss-reactive ketones (excluding diaryl/α,β-unsaturated/α-hetero) is 1. The molecule has 0 saturated heterocycles. The van der Waals surface area contributed by atoms with E-state index in [1.54, 1.807) is 13.0 Å². The summed E-state index contributed by atoms with van der Waals surface area (Å²) in [4.78, 5) is 21.7. The second-order valence-corrected chi connectivity index (χ2v) is 3.80. The van der Waals surface area contributed by atoms with Crippen LogP contribution in [0.5, 0.6) is 11.5 Å². The summed E-state index contributed by atoms with van der Waals surface area (Å²) in [5, 5.41) is 18.1. The van der Waals surface area contributed by atoms with Crippen LogP contribution in [-0.2, 0) is 4.79 Å². The third-order valence-electron chi connectivity index (χ3n) is 2.39. The van der Waals surface area contributed by atoms with Crippen LogP contribution < -0.4 is 4.74 Å².